The van der Waals surface area contributed by atoms with Crippen LogP contribution in [-0.4, -0.2) is 41.7 Å². The maximum Gasteiger partial charge on any atom is 0.416 e. The van der Waals surface area contributed by atoms with Gasteiger partial charge in [0.2, 0.25) is 5.91 Å². The van der Waals surface area contributed by atoms with Crippen molar-refractivity contribution in [3.63, 3.8) is 0 Å². The molecule has 0 saturated heterocycles. The molecule has 37 heavy (non-hydrogen) atoms. The molecule has 200 valence electrons. The monoisotopic (exact) mass is 538 g/mol. The predicted molar refractivity (Wildman–Crippen MR) is 132 cm³/mol. The smallest absolute Gasteiger partial charge is 0.416 e. The number of amides is 2. The largest absolute Gasteiger partial charge is 0.484 e. The number of rotatable bonds is 8. The van der Waals surface area contributed by atoms with Crippen molar-refractivity contribution in [1.29, 1.82) is 0 Å². The standard InChI is InChI=1S/C27H30ClF3N2O4/c1-17-14-20(6-7-21(17)28)37-16-23(35)33-25-9-11-26(12-10-25,22(34)15-25)24(36)32-13-8-18-2-4-19(5-3-18)27(29,30)31/h2-7,14,22,34H,8-13,15-16H2,1H3,(H,32,36)(H,33,35). The zero-order chi connectivity index (χ0) is 26.8. The Morgan fingerprint density at radius 3 is 2.38 bits per heavy atom. The quantitative estimate of drug-likeness (QED) is 0.459. The van der Waals surface area contributed by atoms with Crippen molar-refractivity contribution in [1.82, 2.24) is 10.6 Å². The molecule has 0 radical (unpaired) electrons. The Balaban J connectivity index is 1.26. The summed E-state index contributed by atoms with van der Waals surface area (Å²) < 4.78 is 43.7. The highest BCUT2D eigenvalue weighted by Crippen LogP contribution is 2.52. The minimum Gasteiger partial charge on any atom is -0.484 e. The molecule has 3 saturated carbocycles. The van der Waals surface area contributed by atoms with Crippen molar-refractivity contribution in [2.75, 3.05) is 13.2 Å². The molecule has 0 spiro atoms. The van der Waals surface area contributed by atoms with Crippen LogP contribution in [0.1, 0.15) is 48.8 Å². The fourth-order valence-corrected chi connectivity index (χ4v) is 5.49. The molecule has 3 N–H and O–H groups in total. The van der Waals surface area contributed by atoms with E-state index in [2.05, 4.69) is 10.6 Å². The van der Waals surface area contributed by atoms with Gasteiger partial charge in [-0.25, -0.2) is 0 Å². The van der Waals surface area contributed by atoms with Crippen LogP contribution in [0.15, 0.2) is 42.5 Å². The summed E-state index contributed by atoms with van der Waals surface area (Å²) in [6, 6.07) is 10.0. The zero-order valence-corrected chi connectivity index (χ0v) is 21.2. The lowest BCUT2D eigenvalue weighted by atomic mass is 9.55. The van der Waals surface area contributed by atoms with E-state index in [1.165, 1.54) is 12.1 Å². The van der Waals surface area contributed by atoms with E-state index in [9.17, 15) is 27.9 Å². The SMILES string of the molecule is Cc1cc(OCC(=O)NC23CCC(C(=O)NCCc4ccc(C(F)(F)F)cc4)(CC2)C(O)C3)ccc1Cl. The van der Waals surface area contributed by atoms with Gasteiger partial charge < -0.3 is 20.5 Å². The summed E-state index contributed by atoms with van der Waals surface area (Å²) in [6.45, 7) is 1.92. The summed E-state index contributed by atoms with van der Waals surface area (Å²) in [7, 11) is 0. The summed E-state index contributed by atoms with van der Waals surface area (Å²) in [4.78, 5) is 25.7. The van der Waals surface area contributed by atoms with Crippen molar-refractivity contribution in [3.05, 3.63) is 64.2 Å². The van der Waals surface area contributed by atoms with Gasteiger partial charge >= 0.3 is 6.18 Å². The molecule has 0 aromatic heterocycles. The summed E-state index contributed by atoms with van der Waals surface area (Å²) in [5.74, 6) is -0.0166. The molecular weight excluding hydrogens is 509 g/mol. The molecule has 2 bridgehead atoms. The number of carbonyl (C=O) groups excluding carboxylic acids is 2. The van der Waals surface area contributed by atoms with Crippen molar-refractivity contribution in [2.24, 2.45) is 5.41 Å². The third-order valence-corrected chi connectivity index (χ3v) is 8.08. The Kier molecular flexibility index (Phi) is 7.76. The first-order chi connectivity index (χ1) is 17.4. The molecule has 3 aliphatic rings. The van der Waals surface area contributed by atoms with Gasteiger partial charge in [-0.15, -0.1) is 0 Å². The first kappa shape index (κ1) is 27.3. The summed E-state index contributed by atoms with van der Waals surface area (Å²) in [6.07, 6.45) is -2.68. The van der Waals surface area contributed by atoms with Crippen molar-refractivity contribution in [2.45, 2.75) is 63.3 Å². The number of ether oxygens (including phenoxy) is 1. The van der Waals surface area contributed by atoms with E-state index >= 15 is 0 Å². The van der Waals surface area contributed by atoms with Gasteiger partial charge in [-0.1, -0.05) is 23.7 Å². The van der Waals surface area contributed by atoms with E-state index in [1.54, 1.807) is 18.2 Å². The van der Waals surface area contributed by atoms with E-state index in [1.807, 2.05) is 6.92 Å². The third-order valence-electron chi connectivity index (χ3n) is 7.66. The maximum absolute atomic E-state index is 13.1. The lowest BCUT2D eigenvalue weighted by Crippen LogP contribution is -2.65. The van der Waals surface area contributed by atoms with E-state index < -0.39 is 28.8 Å². The average molecular weight is 539 g/mol. The molecule has 3 fully saturated rings. The van der Waals surface area contributed by atoms with Crippen molar-refractivity contribution in [3.8, 4) is 5.75 Å². The number of benzene rings is 2. The van der Waals surface area contributed by atoms with Crippen LogP contribution in [0.4, 0.5) is 13.2 Å². The summed E-state index contributed by atoms with van der Waals surface area (Å²) >= 11 is 6.01. The number of fused-ring (bicyclic) bond motifs is 3. The highest BCUT2D eigenvalue weighted by molar-refractivity contribution is 6.31. The van der Waals surface area contributed by atoms with Crippen LogP contribution in [-0.2, 0) is 22.2 Å². The number of carbonyl (C=O) groups is 2. The molecule has 5 rings (SSSR count). The first-order valence-electron chi connectivity index (χ1n) is 12.2. The fourth-order valence-electron chi connectivity index (χ4n) is 5.38. The molecule has 2 amide bonds. The molecular formula is C27H30ClF3N2O4. The van der Waals surface area contributed by atoms with Crippen LogP contribution in [0.2, 0.25) is 5.02 Å². The zero-order valence-electron chi connectivity index (χ0n) is 20.5. The second-order valence-corrected chi connectivity index (χ2v) is 10.5. The lowest BCUT2D eigenvalue weighted by Gasteiger charge is -2.55. The molecule has 6 nitrogen and oxygen atoms in total. The average Bonchev–Trinajstić information content (AvgIpc) is 2.85. The van der Waals surface area contributed by atoms with Crippen LogP contribution in [0, 0.1) is 12.3 Å². The summed E-state index contributed by atoms with van der Waals surface area (Å²) in [5.41, 5.74) is -0.706. The number of hydrogen-bond acceptors (Lipinski definition) is 4. The topological polar surface area (TPSA) is 87.7 Å². The number of aliphatic hydroxyl groups is 1. The minimum atomic E-state index is -4.39. The first-order valence-corrected chi connectivity index (χ1v) is 12.6. The van der Waals surface area contributed by atoms with Gasteiger partial charge in [-0.2, -0.15) is 13.2 Å². The molecule has 0 aliphatic heterocycles. The van der Waals surface area contributed by atoms with Crippen LogP contribution < -0.4 is 15.4 Å². The van der Waals surface area contributed by atoms with Crippen molar-refractivity contribution < 1.29 is 32.6 Å². The van der Waals surface area contributed by atoms with Gasteiger partial charge in [0.05, 0.1) is 17.1 Å². The maximum atomic E-state index is 13.1. The van der Waals surface area contributed by atoms with Gasteiger partial charge in [0.25, 0.3) is 5.91 Å². The van der Waals surface area contributed by atoms with Crippen LogP contribution in [0.25, 0.3) is 0 Å². The van der Waals surface area contributed by atoms with Crippen molar-refractivity contribution >= 4 is 23.4 Å². The summed E-state index contributed by atoms with van der Waals surface area (Å²) in [5, 5.41) is 17.4. The Morgan fingerprint density at radius 1 is 1.11 bits per heavy atom. The molecule has 1 atom stereocenters. The number of aryl methyl sites for hydroxylation is 1. The fraction of sp³-hybridized carbons (Fsp3) is 0.481. The Morgan fingerprint density at radius 2 is 1.78 bits per heavy atom. The van der Waals surface area contributed by atoms with Gasteiger partial charge in [-0.05, 0) is 86.9 Å². The number of aliphatic hydroxyl groups excluding tert-OH is 1. The van der Waals surface area contributed by atoms with Crippen LogP contribution in [0.3, 0.4) is 0 Å². The highest BCUT2D eigenvalue weighted by atomic mass is 35.5. The van der Waals surface area contributed by atoms with E-state index in [-0.39, 0.29) is 31.4 Å². The van der Waals surface area contributed by atoms with E-state index in [0.29, 0.717) is 48.4 Å². The molecule has 2 aromatic carbocycles. The van der Waals surface area contributed by atoms with Crippen LogP contribution in [0.5, 0.6) is 5.75 Å². The minimum absolute atomic E-state index is 0.172. The third kappa shape index (κ3) is 6.04. The highest BCUT2D eigenvalue weighted by Gasteiger charge is 2.58. The van der Waals surface area contributed by atoms with Gasteiger partial charge in [0, 0.05) is 17.1 Å². The Bertz CT molecular complexity index is 1150. The van der Waals surface area contributed by atoms with Crippen LogP contribution >= 0.6 is 11.6 Å². The van der Waals surface area contributed by atoms with E-state index in [0.717, 1.165) is 17.7 Å². The molecule has 10 heteroatoms. The van der Waals surface area contributed by atoms with E-state index in [4.69, 9.17) is 16.3 Å². The predicted octanol–water partition coefficient (Wildman–Crippen LogP) is 4.58. The number of hydrogen-bond donors (Lipinski definition) is 3. The second-order valence-electron chi connectivity index (χ2n) is 10.1. The number of halogens is 4. The van der Waals surface area contributed by atoms with Gasteiger partial charge in [-0.3, -0.25) is 9.59 Å². The Labute approximate surface area is 218 Å². The second kappa shape index (κ2) is 10.5. The Hall–Kier alpha value is -2.78. The molecule has 3 aliphatic carbocycles. The molecule has 0 heterocycles. The number of nitrogens with one attached hydrogen (secondary N) is 2. The normalized spacial score (nSPS) is 25.0. The molecule has 2 aromatic rings. The van der Waals surface area contributed by atoms with Gasteiger partial charge in [0.15, 0.2) is 6.61 Å². The number of alkyl halides is 3. The molecule has 1 unspecified atom stereocenters. The van der Waals surface area contributed by atoms with Gasteiger partial charge in [0.1, 0.15) is 5.75 Å². The lowest BCUT2D eigenvalue weighted by molar-refractivity contribution is -0.156.